The number of carbonyl (C=O) groups is 1. The second-order valence-electron chi connectivity index (χ2n) is 4.50. The van der Waals surface area contributed by atoms with Crippen LogP contribution in [0.3, 0.4) is 0 Å². The number of halogens is 1. The first-order valence-electron chi connectivity index (χ1n) is 6.48. The van der Waals surface area contributed by atoms with E-state index < -0.39 is 6.10 Å². The van der Waals surface area contributed by atoms with Gasteiger partial charge in [0.25, 0.3) is 0 Å². The fourth-order valence-electron chi connectivity index (χ4n) is 1.60. The minimum absolute atomic E-state index is 0.0712. The Morgan fingerprint density at radius 3 is 2.80 bits per heavy atom. The normalized spacial score (nSPS) is 13.8. The summed E-state index contributed by atoms with van der Waals surface area (Å²) < 4.78 is 18.5. The summed E-state index contributed by atoms with van der Waals surface area (Å²) >= 11 is 0. The molecule has 0 saturated carbocycles. The van der Waals surface area contributed by atoms with Crippen LogP contribution in [0.4, 0.5) is 4.39 Å². The summed E-state index contributed by atoms with van der Waals surface area (Å²) in [7, 11) is 1.55. The van der Waals surface area contributed by atoms with Crippen LogP contribution in [-0.2, 0) is 16.1 Å². The number of nitrogens with one attached hydrogen (secondary N) is 2. The molecule has 2 atom stereocenters. The summed E-state index contributed by atoms with van der Waals surface area (Å²) in [6, 6.07) is 5.94. The van der Waals surface area contributed by atoms with Crippen LogP contribution in [0.1, 0.15) is 12.5 Å². The number of amides is 1. The van der Waals surface area contributed by atoms with Gasteiger partial charge in [0.15, 0.2) is 0 Å². The first kappa shape index (κ1) is 16.6. The molecule has 1 amide bonds. The smallest absolute Gasteiger partial charge is 0.236 e. The molecule has 20 heavy (non-hydrogen) atoms. The number of hydrogen-bond acceptors (Lipinski definition) is 4. The van der Waals surface area contributed by atoms with Crippen molar-refractivity contribution in [3.63, 3.8) is 0 Å². The lowest BCUT2D eigenvalue weighted by Gasteiger charge is -2.16. The maximum Gasteiger partial charge on any atom is 0.236 e. The summed E-state index contributed by atoms with van der Waals surface area (Å²) in [6.45, 7) is 2.11. The number of aliphatic hydroxyl groups excluding tert-OH is 1. The third kappa shape index (κ3) is 5.64. The SMILES string of the molecule is CNC(=O)C(C)NCC(O)COCc1ccccc1F. The van der Waals surface area contributed by atoms with Gasteiger partial charge >= 0.3 is 0 Å². The van der Waals surface area contributed by atoms with Crippen LogP contribution in [-0.4, -0.2) is 43.4 Å². The highest BCUT2D eigenvalue weighted by Crippen LogP contribution is 2.07. The number of ether oxygens (including phenoxy) is 1. The molecule has 2 unspecified atom stereocenters. The predicted molar refractivity (Wildman–Crippen MR) is 73.6 cm³/mol. The monoisotopic (exact) mass is 284 g/mol. The second-order valence-corrected chi connectivity index (χ2v) is 4.50. The molecule has 6 heteroatoms. The molecule has 0 aliphatic heterocycles. The molecule has 1 aromatic rings. The maximum atomic E-state index is 13.3. The van der Waals surface area contributed by atoms with Crippen LogP contribution >= 0.6 is 0 Å². The number of rotatable bonds is 8. The summed E-state index contributed by atoms with van der Waals surface area (Å²) in [5.74, 6) is -0.474. The molecule has 0 aliphatic rings. The molecular formula is C14H21FN2O3. The van der Waals surface area contributed by atoms with E-state index in [1.807, 2.05) is 0 Å². The molecule has 0 saturated heterocycles. The van der Waals surface area contributed by atoms with E-state index in [1.54, 1.807) is 32.2 Å². The molecule has 0 aromatic heterocycles. The van der Waals surface area contributed by atoms with E-state index in [0.717, 1.165) is 0 Å². The van der Waals surface area contributed by atoms with Gasteiger partial charge in [-0.25, -0.2) is 4.39 Å². The highest BCUT2D eigenvalue weighted by Gasteiger charge is 2.12. The van der Waals surface area contributed by atoms with Gasteiger partial charge in [-0.15, -0.1) is 0 Å². The van der Waals surface area contributed by atoms with E-state index in [0.29, 0.717) is 5.56 Å². The van der Waals surface area contributed by atoms with E-state index in [-0.39, 0.29) is 37.5 Å². The van der Waals surface area contributed by atoms with E-state index in [9.17, 15) is 14.3 Å². The average Bonchev–Trinajstić information content (AvgIpc) is 2.45. The standard InChI is InChI=1S/C14H21FN2O3/c1-10(14(19)16-2)17-7-12(18)9-20-8-11-5-3-4-6-13(11)15/h3-6,10,12,17-18H,7-9H2,1-2H3,(H,16,19). The molecule has 0 spiro atoms. The number of benzene rings is 1. The van der Waals surface area contributed by atoms with Gasteiger partial charge in [0.2, 0.25) is 5.91 Å². The Bertz CT molecular complexity index is 429. The van der Waals surface area contributed by atoms with Crippen LogP contribution in [0.2, 0.25) is 0 Å². The van der Waals surface area contributed by atoms with Crippen LogP contribution in [0.5, 0.6) is 0 Å². The maximum absolute atomic E-state index is 13.3. The van der Waals surface area contributed by atoms with Crippen LogP contribution in [0, 0.1) is 5.82 Å². The highest BCUT2D eigenvalue weighted by atomic mass is 19.1. The van der Waals surface area contributed by atoms with Crippen molar-refractivity contribution in [2.45, 2.75) is 25.7 Å². The molecule has 0 fully saturated rings. The molecule has 5 nitrogen and oxygen atoms in total. The highest BCUT2D eigenvalue weighted by molar-refractivity contribution is 5.80. The minimum atomic E-state index is -0.756. The Labute approximate surface area is 118 Å². The molecule has 3 N–H and O–H groups in total. The van der Waals surface area contributed by atoms with Crippen LogP contribution < -0.4 is 10.6 Å². The summed E-state index contributed by atoms with van der Waals surface area (Å²) in [6.07, 6.45) is -0.756. The van der Waals surface area contributed by atoms with Gasteiger partial charge in [-0.3, -0.25) is 4.79 Å². The Morgan fingerprint density at radius 2 is 2.15 bits per heavy atom. The summed E-state index contributed by atoms with van der Waals surface area (Å²) in [4.78, 5) is 11.2. The van der Waals surface area contributed by atoms with Crippen LogP contribution in [0.15, 0.2) is 24.3 Å². The van der Waals surface area contributed by atoms with Crippen molar-refractivity contribution in [2.24, 2.45) is 0 Å². The van der Waals surface area contributed by atoms with Crippen molar-refractivity contribution >= 4 is 5.91 Å². The van der Waals surface area contributed by atoms with Gasteiger partial charge in [-0.2, -0.15) is 0 Å². The minimum Gasteiger partial charge on any atom is -0.389 e. The van der Waals surface area contributed by atoms with Crippen molar-refractivity contribution in [3.05, 3.63) is 35.6 Å². The first-order valence-corrected chi connectivity index (χ1v) is 6.48. The summed E-state index contributed by atoms with van der Waals surface area (Å²) in [5.41, 5.74) is 0.450. The largest absolute Gasteiger partial charge is 0.389 e. The quantitative estimate of drug-likeness (QED) is 0.647. The number of aliphatic hydroxyl groups is 1. The molecule has 1 aromatic carbocycles. The lowest BCUT2D eigenvalue weighted by atomic mass is 10.2. The third-order valence-corrected chi connectivity index (χ3v) is 2.82. The molecule has 1 rings (SSSR count). The second kappa shape index (κ2) is 8.63. The van der Waals surface area contributed by atoms with E-state index in [4.69, 9.17) is 4.74 Å². The fourth-order valence-corrected chi connectivity index (χ4v) is 1.60. The van der Waals surface area contributed by atoms with Gasteiger partial charge in [0, 0.05) is 19.2 Å². The summed E-state index contributed by atoms with van der Waals surface area (Å²) in [5, 5.41) is 15.1. The lowest BCUT2D eigenvalue weighted by molar-refractivity contribution is -0.122. The molecule has 0 bridgehead atoms. The Balaban J connectivity index is 2.22. The zero-order valence-corrected chi connectivity index (χ0v) is 11.7. The van der Waals surface area contributed by atoms with E-state index in [2.05, 4.69) is 10.6 Å². The number of hydrogen-bond donors (Lipinski definition) is 3. The van der Waals surface area contributed by atoms with Gasteiger partial charge in [0.05, 0.1) is 25.4 Å². The average molecular weight is 284 g/mol. The van der Waals surface area contributed by atoms with Crippen molar-refractivity contribution in [1.29, 1.82) is 0 Å². The Kier molecular flexibility index (Phi) is 7.14. The predicted octanol–water partition coefficient (Wildman–Crippen LogP) is 0.427. The first-order chi connectivity index (χ1) is 9.54. The Hall–Kier alpha value is -1.50. The lowest BCUT2D eigenvalue weighted by Crippen LogP contribution is -2.44. The van der Waals surface area contributed by atoms with Gasteiger partial charge in [-0.05, 0) is 13.0 Å². The zero-order valence-electron chi connectivity index (χ0n) is 11.7. The number of carbonyl (C=O) groups excluding carboxylic acids is 1. The molecule has 112 valence electrons. The van der Waals surface area contributed by atoms with Crippen molar-refractivity contribution in [1.82, 2.24) is 10.6 Å². The molecule has 0 heterocycles. The van der Waals surface area contributed by atoms with E-state index in [1.165, 1.54) is 6.07 Å². The third-order valence-electron chi connectivity index (χ3n) is 2.82. The topological polar surface area (TPSA) is 70.6 Å². The van der Waals surface area contributed by atoms with Crippen molar-refractivity contribution in [3.8, 4) is 0 Å². The van der Waals surface area contributed by atoms with Crippen molar-refractivity contribution < 1.29 is 19.0 Å². The Morgan fingerprint density at radius 1 is 1.45 bits per heavy atom. The van der Waals surface area contributed by atoms with Gasteiger partial charge in [-0.1, -0.05) is 18.2 Å². The van der Waals surface area contributed by atoms with Crippen LogP contribution in [0.25, 0.3) is 0 Å². The molecule has 0 aliphatic carbocycles. The molecular weight excluding hydrogens is 263 g/mol. The molecule has 0 radical (unpaired) electrons. The van der Waals surface area contributed by atoms with E-state index >= 15 is 0 Å². The van der Waals surface area contributed by atoms with Gasteiger partial charge < -0.3 is 20.5 Å². The zero-order chi connectivity index (χ0) is 15.0. The fraction of sp³-hybridized carbons (Fsp3) is 0.500. The van der Waals surface area contributed by atoms with Crippen molar-refractivity contribution in [2.75, 3.05) is 20.2 Å². The number of likely N-dealkylation sites (N-methyl/N-ethyl adjacent to an activating group) is 1. The van der Waals surface area contributed by atoms with Gasteiger partial charge in [0.1, 0.15) is 5.82 Å².